The van der Waals surface area contributed by atoms with Crippen molar-refractivity contribution in [3.63, 3.8) is 0 Å². The molecule has 1 heterocycles. The second-order valence-electron chi connectivity index (χ2n) is 5.84. The number of nitrogens with zero attached hydrogens (tertiary/aromatic N) is 2. The highest BCUT2D eigenvalue weighted by Gasteiger charge is 2.06. The van der Waals surface area contributed by atoms with Gasteiger partial charge in [-0.15, -0.1) is 0 Å². The number of anilines is 1. The SMILES string of the molecule is Cc1ccccc1NC(=O)/C=C/c1cn(CCC#N)c2ccccc12. The molecule has 2 aromatic carbocycles. The van der Waals surface area contributed by atoms with Crippen molar-refractivity contribution >= 4 is 28.6 Å². The molecular weight excluding hydrogens is 310 g/mol. The Labute approximate surface area is 147 Å². The number of hydrogen-bond donors (Lipinski definition) is 1. The first kappa shape index (κ1) is 16.5. The number of carbonyl (C=O) groups excluding carboxylic acids is 1. The van der Waals surface area contributed by atoms with Crippen LogP contribution in [0.3, 0.4) is 0 Å². The third-order valence-electron chi connectivity index (χ3n) is 4.10. The number of aromatic nitrogens is 1. The first-order chi connectivity index (χ1) is 12.2. The maximum atomic E-state index is 12.2. The lowest BCUT2D eigenvalue weighted by Crippen LogP contribution is -2.08. The fourth-order valence-electron chi connectivity index (χ4n) is 2.82. The number of aryl methyl sites for hydroxylation is 2. The van der Waals surface area contributed by atoms with E-state index in [0.29, 0.717) is 13.0 Å². The summed E-state index contributed by atoms with van der Waals surface area (Å²) >= 11 is 0. The van der Waals surface area contributed by atoms with E-state index in [2.05, 4.69) is 16.0 Å². The van der Waals surface area contributed by atoms with Gasteiger partial charge in [-0.3, -0.25) is 4.79 Å². The molecule has 4 heteroatoms. The summed E-state index contributed by atoms with van der Waals surface area (Å²) in [5, 5.41) is 12.8. The zero-order chi connectivity index (χ0) is 17.6. The molecule has 25 heavy (non-hydrogen) atoms. The van der Waals surface area contributed by atoms with E-state index in [1.54, 1.807) is 6.08 Å². The van der Waals surface area contributed by atoms with Gasteiger partial charge < -0.3 is 9.88 Å². The summed E-state index contributed by atoms with van der Waals surface area (Å²) < 4.78 is 2.05. The minimum absolute atomic E-state index is 0.164. The van der Waals surface area contributed by atoms with E-state index in [9.17, 15) is 4.79 Å². The highest BCUT2D eigenvalue weighted by molar-refractivity contribution is 6.03. The Kier molecular flexibility index (Phi) is 4.96. The van der Waals surface area contributed by atoms with Crippen LogP contribution < -0.4 is 5.32 Å². The molecule has 124 valence electrons. The van der Waals surface area contributed by atoms with Gasteiger partial charge in [0.2, 0.25) is 5.91 Å². The van der Waals surface area contributed by atoms with Gasteiger partial charge in [-0.2, -0.15) is 5.26 Å². The van der Waals surface area contributed by atoms with Crippen LogP contribution >= 0.6 is 0 Å². The number of benzene rings is 2. The molecule has 0 unspecified atom stereocenters. The van der Waals surface area contributed by atoms with E-state index < -0.39 is 0 Å². The Hall–Kier alpha value is -3.32. The number of fused-ring (bicyclic) bond motifs is 1. The summed E-state index contributed by atoms with van der Waals surface area (Å²) in [5.41, 5.74) is 3.87. The molecule has 0 bridgehead atoms. The maximum absolute atomic E-state index is 12.2. The third-order valence-corrected chi connectivity index (χ3v) is 4.10. The number of hydrogen-bond acceptors (Lipinski definition) is 2. The summed E-state index contributed by atoms with van der Waals surface area (Å²) in [6.07, 6.45) is 5.80. The van der Waals surface area contributed by atoms with Crippen LogP contribution in [0.5, 0.6) is 0 Å². The monoisotopic (exact) mass is 329 g/mol. The molecule has 0 saturated heterocycles. The zero-order valence-electron chi connectivity index (χ0n) is 14.1. The summed E-state index contributed by atoms with van der Waals surface area (Å²) in [7, 11) is 0. The Morgan fingerprint density at radius 1 is 1.20 bits per heavy atom. The first-order valence-corrected chi connectivity index (χ1v) is 8.18. The largest absolute Gasteiger partial charge is 0.346 e. The summed E-state index contributed by atoms with van der Waals surface area (Å²) in [5.74, 6) is -0.164. The molecule has 0 radical (unpaired) electrons. The van der Waals surface area contributed by atoms with Crippen molar-refractivity contribution in [3.05, 3.63) is 71.9 Å². The summed E-state index contributed by atoms with van der Waals surface area (Å²) in [6, 6.07) is 17.9. The van der Waals surface area contributed by atoms with Crippen LogP contribution in [0.1, 0.15) is 17.5 Å². The average Bonchev–Trinajstić information content (AvgIpc) is 2.98. The molecule has 0 spiro atoms. The van der Waals surface area contributed by atoms with Crippen LogP contribution in [-0.2, 0) is 11.3 Å². The van der Waals surface area contributed by atoms with Gasteiger partial charge in [-0.25, -0.2) is 0 Å². The van der Waals surface area contributed by atoms with Crippen molar-refractivity contribution in [1.29, 1.82) is 5.26 Å². The Morgan fingerprint density at radius 2 is 1.96 bits per heavy atom. The predicted molar refractivity (Wildman–Crippen MR) is 101 cm³/mol. The molecular formula is C21H19N3O. The molecule has 0 saturated carbocycles. The van der Waals surface area contributed by atoms with E-state index >= 15 is 0 Å². The molecule has 3 rings (SSSR count). The number of amides is 1. The lowest BCUT2D eigenvalue weighted by molar-refractivity contribution is -0.111. The number of nitrogens with one attached hydrogen (secondary N) is 1. The zero-order valence-corrected chi connectivity index (χ0v) is 14.1. The predicted octanol–water partition coefficient (Wildman–Crippen LogP) is 4.52. The van der Waals surface area contributed by atoms with Crippen molar-refractivity contribution in [1.82, 2.24) is 4.57 Å². The maximum Gasteiger partial charge on any atom is 0.248 e. The van der Waals surface area contributed by atoms with Gasteiger partial charge in [0.1, 0.15) is 0 Å². The van der Waals surface area contributed by atoms with Crippen LogP contribution in [0.2, 0.25) is 0 Å². The first-order valence-electron chi connectivity index (χ1n) is 8.18. The third kappa shape index (κ3) is 3.78. The molecule has 0 aliphatic heterocycles. The molecule has 3 aromatic rings. The van der Waals surface area contributed by atoms with Crippen LogP contribution in [0.15, 0.2) is 60.8 Å². The highest BCUT2D eigenvalue weighted by Crippen LogP contribution is 2.23. The lowest BCUT2D eigenvalue weighted by atomic mass is 10.1. The highest BCUT2D eigenvalue weighted by atomic mass is 16.1. The van der Waals surface area contributed by atoms with Crippen molar-refractivity contribution in [2.24, 2.45) is 0 Å². The molecule has 0 aliphatic rings. The van der Waals surface area contributed by atoms with Gasteiger partial charge >= 0.3 is 0 Å². The number of para-hydroxylation sites is 2. The number of nitriles is 1. The standard InChI is InChI=1S/C21H19N3O/c1-16-7-2-4-9-19(16)23-21(25)12-11-17-15-24(14-6-13-22)20-10-5-3-8-18(17)20/h2-5,7-12,15H,6,14H2,1H3,(H,23,25)/b12-11+. The van der Waals surface area contributed by atoms with E-state index in [4.69, 9.17) is 5.26 Å². The van der Waals surface area contributed by atoms with Gasteiger partial charge in [-0.1, -0.05) is 36.4 Å². The molecule has 1 amide bonds. The minimum Gasteiger partial charge on any atom is -0.346 e. The Balaban J connectivity index is 1.82. The van der Waals surface area contributed by atoms with Gasteiger partial charge in [0.25, 0.3) is 0 Å². The van der Waals surface area contributed by atoms with Gasteiger partial charge in [0.05, 0.1) is 12.5 Å². The lowest BCUT2D eigenvalue weighted by Gasteiger charge is -2.05. The van der Waals surface area contributed by atoms with Gasteiger partial charge in [0.15, 0.2) is 0 Å². The second kappa shape index (κ2) is 7.50. The minimum atomic E-state index is -0.164. The fraction of sp³-hybridized carbons (Fsp3) is 0.143. The average molecular weight is 329 g/mol. The normalized spacial score (nSPS) is 10.9. The quantitative estimate of drug-likeness (QED) is 0.700. The van der Waals surface area contributed by atoms with Crippen LogP contribution in [0.25, 0.3) is 17.0 Å². The molecule has 0 fully saturated rings. The number of rotatable bonds is 5. The number of carbonyl (C=O) groups is 1. The van der Waals surface area contributed by atoms with Crippen molar-refractivity contribution in [3.8, 4) is 6.07 Å². The van der Waals surface area contributed by atoms with E-state index in [0.717, 1.165) is 27.7 Å². The van der Waals surface area contributed by atoms with Crippen LogP contribution in [0.4, 0.5) is 5.69 Å². The topological polar surface area (TPSA) is 57.8 Å². The van der Waals surface area contributed by atoms with Gasteiger partial charge in [-0.05, 0) is 30.7 Å². The van der Waals surface area contributed by atoms with Gasteiger partial charge in [0, 0.05) is 41.0 Å². The van der Waals surface area contributed by atoms with Crippen LogP contribution in [-0.4, -0.2) is 10.5 Å². The molecule has 4 nitrogen and oxygen atoms in total. The molecule has 0 atom stereocenters. The Bertz CT molecular complexity index is 976. The molecule has 1 N–H and O–H groups in total. The van der Waals surface area contributed by atoms with E-state index in [1.807, 2.05) is 67.7 Å². The van der Waals surface area contributed by atoms with Crippen molar-refractivity contribution < 1.29 is 4.79 Å². The second-order valence-corrected chi connectivity index (χ2v) is 5.84. The van der Waals surface area contributed by atoms with Crippen LogP contribution in [0, 0.1) is 18.3 Å². The summed E-state index contributed by atoms with van der Waals surface area (Å²) in [4.78, 5) is 12.2. The van der Waals surface area contributed by atoms with E-state index in [-0.39, 0.29) is 5.91 Å². The molecule has 0 aliphatic carbocycles. The summed E-state index contributed by atoms with van der Waals surface area (Å²) in [6.45, 7) is 2.60. The van der Waals surface area contributed by atoms with Crippen molar-refractivity contribution in [2.45, 2.75) is 19.9 Å². The van der Waals surface area contributed by atoms with E-state index in [1.165, 1.54) is 0 Å². The fourth-order valence-corrected chi connectivity index (χ4v) is 2.82. The molecule has 1 aromatic heterocycles. The Morgan fingerprint density at radius 3 is 2.76 bits per heavy atom. The van der Waals surface area contributed by atoms with Crippen molar-refractivity contribution in [2.75, 3.05) is 5.32 Å². The smallest absolute Gasteiger partial charge is 0.248 e.